The number of rotatable bonds is 5. The molecule has 0 unspecified atom stereocenters. The maximum Gasteiger partial charge on any atom is 0.248 e. The molecule has 94 valence electrons. The van der Waals surface area contributed by atoms with E-state index in [9.17, 15) is 4.79 Å². The highest BCUT2D eigenvalue weighted by atomic mass is 16.5. The molecule has 0 aliphatic rings. The van der Waals surface area contributed by atoms with Crippen molar-refractivity contribution < 1.29 is 9.53 Å². The van der Waals surface area contributed by atoms with Crippen LogP contribution in [-0.4, -0.2) is 17.5 Å². The van der Waals surface area contributed by atoms with Gasteiger partial charge in [-0.1, -0.05) is 13.3 Å². The highest BCUT2D eigenvalue weighted by Crippen LogP contribution is 2.18. The number of carbonyl (C=O) groups is 1. The summed E-state index contributed by atoms with van der Waals surface area (Å²) in [6.07, 6.45) is 2.11. The fourth-order valence-electron chi connectivity index (χ4n) is 1.66. The van der Waals surface area contributed by atoms with Crippen LogP contribution in [0.2, 0.25) is 0 Å². The van der Waals surface area contributed by atoms with Crippen LogP contribution < -0.4 is 10.5 Å². The van der Waals surface area contributed by atoms with Crippen molar-refractivity contribution in [1.29, 1.82) is 0 Å². The molecule has 2 aromatic rings. The zero-order valence-corrected chi connectivity index (χ0v) is 10.3. The van der Waals surface area contributed by atoms with Crippen molar-refractivity contribution in [2.45, 2.75) is 19.8 Å². The lowest BCUT2D eigenvalue weighted by Gasteiger charge is -2.06. The summed E-state index contributed by atoms with van der Waals surface area (Å²) >= 11 is 0. The zero-order chi connectivity index (χ0) is 13.0. The van der Waals surface area contributed by atoms with Crippen LogP contribution in [0.5, 0.6) is 5.88 Å². The van der Waals surface area contributed by atoms with Gasteiger partial charge in [-0.15, -0.1) is 0 Å². The monoisotopic (exact) mass is 244 g/mol. The molecule has 0 saturated carbocycles. The second kappa shape index (κ2) is 5.49. The number of ether oxygens (including phenoxy) is 1. The average Bonchev–Trinajstić information content (AvgIpc) is 2.38. The summed E-state index contributed by atoms with van der Waals surface area (Å²) in [7, 11) is 0. The average molecular weight is 244 g/mol. The standard InChI is InChI=1S/C14H16N2O2/c1-2-3-8-18-13-7-5-10-9-11(14(15)17)4-6-12(10)16-13/h4-7,9H,2-3,8H2,1H3,(H2,15,17). The molecular formula is C14H16N2O2. The van der Waals surface area contributed by atoms with Crippen molar-refractivity contribution in [3.63, 3.8) is 0 Å². The van der Waals surface area contributed by atoms with Crippen molar-refractivity contribution in [2.75, 3.05) is 6.61 Å². The van der Waals surface area contributed by atoms with E-state index in [1.54, 1.807) is 18.2 Å². The molecule has 0 spiro atoms. The van der Waals surface area contributed by atoms with Crippen molar-refractivity contribution >= 4 is 16.8 Å². The summed E-state index contributed by atoms with van der Waals surface area (Å²) in [5, 5.41) is 0.883. The van der Waals surface area contributed by atoms with Gasteiger partial charge in [-0.2, -0.15) is 0 Å². The molecule has 0 aliphatic heterocycles. The summed E-state index contributed by atoms with van der Waals surface area (Å²) in [6, 6.07) is 8.88. The molecule has 1 heterocycles. The van der Waals surface area contributed by atoms with Crippen molar-refractivity contribution in [1.82, 2.24) is 4.98 Å². The Morgan fingerprint density at radius 3 is 2.89 bits per heavy atom. The van der Waals surface area contributed by atoms with Crippen LogP contribution in [0.25, 0.3) is 10.9 Å². The van der Waals surface area contributed by atoms with Crippen LogP contribution >= 0.6 is 0 Å². The molecular weight excluding hydrogens is 228 g/mol. The summed E-state index contributed by atoms with van der Waals surface area (Å²) < 4.78 is 5.53. The summed E-state index contributed by atoms with van der Waals surface area (Å²) in [4.78, 5) is 15.4. The molecule has 4 nitrogen and oxygen atoms in total. The predicted octanol–water partition coefficient (Wildman–Crippen LogP) is 2.51. The number of pyridine rings is 1. The number of nitrogens with two attached hydrogens (primary N) is 1. The third kappa shape index (κ3) is 2.77. The van der Waals surface area contributed by atoms with E-state index < -0.39 is 5.91 Å². The zero-order valence-electron chi connectivity index (χ0n) is 10.3. The van der Waals surface area contributed by atoms with Gasteiger partial charge >= 0.3 is 0 Å². The van der Waals surface area contributed by atoms with Crippen LogP contribution in [0.3, 0.4) is 0 Å². The Balaban J connectivity index is 2.24. The van der Waals surface area contributed by atoms with Crippen molar-refractivity contribution in [3.8, 4) is 5.88 Å². The number of aromatic nitrogens is 1. The number of amides is 1. The minimum atomic E-state index is -0.430. The Morgan fingerprint density at radius 2 is 2.17 bits per heavy atom. The number of unbranched alkanes of at least 4 members (excludes halogenated alkanes) is 1. The van der Waals surface area contributed by atoms with Gasteiger partial charge in [-0.05, 0) is 30.7 Å². The van der Waals surface area contributed by atoms with E-state index in [1.165, 1.54) is 0 Å². The molecule has 2 N–H and O–H groups in total. The molecule has 0 saturated heterocycles. The number of hydrogen-bond donors (Lipinski definition) is 1. The first kappa shape index (κ1) is 12.4. The van der Waals surface area contributed by atoms with Gasteiger partial charge in [0.1, 0.15) is 0 Å². The summed E-state index contributed by atoms with van der Waals surface area (Å²) in [5.74, 6) is 0.183. The highest BCUT2D eigenvalue weighted by Gasteiger charge is 2.03. The van der Waals surface area contributed by atoms with E-state index >= 15 is 0 Å². The van der Waals surface area contributed by atoms with Gasteiger partial charge in [0.2, 0.25) is 11.8 Å². The van der Waals surface area contributed by atoms with Gasteiger partial charge in [-0.3, -0.25) is 4.79 Å². The maximum absolute atomic E-state index is 11.1. The smallest absolute Gasteiger partial charge is 0.248 e. The highest BCUT2D eigenvalue weighted by molar-refractivity contribution is 5.96. The van der Waals surface area contributed by atoms with Crippen LogP contribution in [0.1, 0.15) is 30.1 Å². The molecule has 1 aromatic heterocycles. The van der Waals surface area contributed by atoms with E-state index in [2.05, 4.69) is 11.9 Å². The first-order valence-corrected chi connectivity index (χ1v) is 6.04. The number of benzene rings is 1. The Bertz CT molecular complexity index is 567. The van der Waals surface area contributed by atoms with Crippen LogP contribution in [0.4, 0.5) is 0 Å². The second-order valence-corrected chi connectivity index (χ2v) is 4.12. The third-order valence-electron chi connectivity index (χ3n) is 2.70. The Kier molecular flexibility index (Phi) is 3.77. The van der Waals surface area contributed by atoms with E-state index in [0.29, 0.717) is 18.1 Å². The molecule has 0 atom stereocenters. The van der Waals surface area contributed by atoms with Crippen LogP contribution in [0, 0.1) is 0 Å². The van der Waals surface area contributed by atoms with E-state index in [1.807, 2.05) is 12.1 Å². The molecule has 4 heteroatoms. The fourth-order valence-corrected chi connectivity index (χ4v) is 1.66. The van der Waals surface area contributed by atoms with E-state index in [4.69, 9.17) is 10.5 Å². The molecule has 2 rings (SSSR count). The topological polar surface area (TPSA) is 65.2 Å². The first-order chi connectivity index (χ1) is 8.70. The van der Waals surface area contributed by atoms with Gasteiger partial charge in [0, 0.05) is 17.0 Å². The van der Waals surface area contributed by atoms with Gasteiger partial charge in [0.05, 0.1) is 12.1 Å². The minimum Gasteiger partial charge on any atom is -0.478 e. The van der Waals surface area contributed by atoms with Gasteiger partial charge < -0.3 is 10.5 Å². The summed E-state index contributed by atoms with van der Waals surface area (Å²) in [6.45, 7) is 2.79. The first-order valence-electron chi connectivity index (χ1n) is 6.04. The second-order valence-electron chi connectivity index (χ2n) is 4.12. The van der Waals surface area contributed by atoms with E-state index in [-0.39, 0.29) is 0 Å². The lowest BCUT2D eigenvalue weighted by Crippen LogP contribution is -2.10. The minimum absolute atomic E-state index is 0.430. The van der Waals surface area contributed by atoms with Crippen molar-refractivity contribution in [3.05, 3.63) is 35.9 Å². The van der Waals surface area contributed by atoms with E-state index in [0.717, 1.165) is 23.7 Å². The lowest BCUT2D eigenvalue weighted by atomic mass is 10.1. The molecule has 0 aliphatic carbocycles. The van der Waals surface area contributed by atoms with Crippen LogP contribution in [0.15, 0.2) is 30.3 Å². The van der Waals surface area contributed by atoms with Crippen molar-refractivity contribution in [2.24, 2.45) is 5.73 Å². The normalized spacial score (nSPS) is 10.5. The third-order valence-corrected chi connectivity index (χ3v) is 2.70. The molecule has 18 heavy (non-hydrogen) atoms. The maximum atomic E-state index is 11.1. The molecule has 0 fully saturated rings. The number of fused-ring (bicyclic) bond motifs is 1. The fraction of sp³-hybridized carbons (Fsp3) is 0.286. The SMILES string of the molecule is CCCCOc1ccc2cc(C(N)=O)ccc2n1. The molecule has 0 bridgehead atoms. The Labute approximate surface area is 106 Å². The number of primary amides is 1. The Morgan fingerprint density at radius 1 is 1.33 bits per heavy atom. The lowest BCUT2D eigenvalue weighted by molar-refractivity contribution is 0.100. The number of hydrogen-bond acceptors (Lipinski definition) is 3. The quantitative estimate of drug-likeness (QED) is 0.822. The molecule has 1 amide bonds. The number of nitrogens with zero attached hydrogens (tertiary/aromatic N) is 1. The Hall–Kier alpha value is -2.10. The molecule has 1 aromatic carbocycles. The largest absolute Gasteiger partial charge is 0.478 e. The predicted molar refractivity (Wildman–Crippen MR) is 70.7 cm³/mol. The van der Waals surface area contributed by atoms with Gasteiger partial charge in [0.25, 0.3) is 0 Å². The molecule has 0 radical (unpaired) electrons. The van der Waals surface area contributed by atoms with Crippen LogP contribution in [-0.2, 0) is 0 Å². The van der Waals surface area contributed by atoms with Gasteiger partial charge in [-0.25, -0.2) is 4.98 Å². The number of carbonyl (C=O) groups excluding carboxylic acids is 1. The summed E-state index contributed by atoms with van der Waals surface area (Å²) in [5.41, 5.74) is 6.52. The van der Waals surface area contributed by atoms with Gasteiger partial charge in [0.15, 0.2) is 0 Å².